The third kappa shape index (κ3) is 4.74. The summed E-state index contributed by atoms with van der Waals surface area (Å²) in [6, 6.07) is 13.7. The number of nitrogens with one attached hydrogen (secondary N) is 1. The zero-order valence-electron chi connectivity index (χ0n) is 15.0. The van der Waals surface area contributed by atoms with Gasteiger partial charge in [0.05, 0.1) is 12.0 Å². The van der Waals surface area contributed by atoms with Crippen molar-refractivity contribution >= 4 is 46.5 Å². The number of hydrogen-bond donors (Lipinski definition) is 1. The van der Waals surface area contributed by atoms with Gasteiger partial charge in [0.15, 0.2) is 0 Å². The number of methoxy groups -OCH3 is 1. The summed E-state index contributed by atoms with van der Waals surface area (Å²) in [6.45, 7) is 0.246. The Morgan fingerprint density at radius 2 is 1.96 bits per heavy atom. The number of amides is 3. The van der Waals surface area contributed by atoms with Crippen molar-refractivity contribution in [2.75, 3.05) is 20.2 Å². The van der Waals surface area contributed by atoms with Gasteiger partial charge in [0.2, 0.25) is 0 Å². The zero-order valence-corrected chi connectivity index (χ0v) is 16.5. The Hall–Kier alpha value is -2.77. The van der Waals surface area contributed by atoms with Crippen LogP contribution in [0.5, 0.6) is 5.75 Å². The molecule has 1 fully saturated rings. The molecule has 1 aliphatic heterocycles. The number of thioether (sulfide) groups is 1. The summed E-state index contributed by atoms with van der Waals surface area (Å²) in [4.78, 5) is 38.2. The normalized spacial score (nSPS) is 15.2. The van der Waals surface area contributed by atoms with Crippen molar-refractivity contribution in [3.8, 4) is 5.75 Å². The first-order chi connectivity index (χ1) is 13.5. The fraction of sp³-hybridized carbons (Fsp3) is 0.150. The molecule has 6 nitrogen and oxygen atoms in total. The van der Waals surface area contributed by atoms with Crippen LogP contribution in [0, 0.1) is 0 Å². The standard InChI is InChI=1S/C20H17ClN2O4S/c1-27-16-7-5-13(6-8-16)11-17-19(25)23(20(26)28-17)10-9-22-18(24)14-3-2-4-15(21)12-14/h2-8,11-12H,9-10H2,1H3,(H,22,24)/b17-11-. The van der Waals surface area contributed by atoms with Crippen LogP contribution >= 0.6 is 23.4 Å². The van der Waals surface area contributed by atoms with Crippen LogP contribution in [-0.2, 0) is 4.79 Å². The summed E-state index contributed by atoms with van der Waals surface area (Å²) in [5, 5.41) is 2.79. The van der Waals surface area contributed by atoms with Gasteiger partial charge in [0, 0.05) is 23.7 Å². The summed E-state index contributed by atoms with van der Waals surface area (Å²) in [5.74, 6) is 0.0202. The third-order valence-corrected chi connectivity index (χ3v) is 5.14. The molecule has 2 aromatic rings. The highest BCUT2D eigenvalue weighted by Crippen LogP contribution is 2.32. The second-order valence-electron chi connectivity index (χ2n) is 5.87. The average Bonchev–Trinajstić information content (AvgIpc) is 2.95. The Kier molecular flexibility index (Phi) is 6.38. The molecule has 0 atom stereocenters. The van der Waals surface area contributed by atoms with Crippen LogP contribution < -0.4 is 10.1 Å². The average molecular weight is 417 g/mol. The molecule has 3 rings (SSSR count). The quantitative estimate of drug-likeness (QED) is 0.724. The van der Waals surface area contributed by atoms with Crippen LogP contribution in [0.1, 0.15) is 15.9 Å². The molecule has 144 valence electrons. The van der Waals surface area contributed by atoms with Crippen molar-refractivity contribution in [1.82, 2.24) is 10.2 Å². The monoisotopic (exact) mass is 416 g/mol. The van der Waals surface area contributed by atoms with E-state index in [1.54, 1.807) is 61.7 Å². The van der Waals surface area contributed by atoms with Gasteiger partial charge < -0.3 is 10.1 Å². The van der Waals surface area contributed by atoms with Gasteiger partial charge in [-0.3, -0.25) is 19.3 Å². The van der Waals surface area contributed by atoms with Gasteiger partial charge in [-0.05, 0) is 53.7 Å². The van der Waals surface area contributed by atoms with Crippen molar-refractivity contribution < 1.29 is 19.1 Å². The first kappa shape index (κ1) is 20.0. The lowest BCUT2D eigenvalue weighted by atomic mass is 10.2. The van der Waals surface area contributed by atoms with Gasteiger partial charge in [-0.15, -0.1) is 0 Å². The summed E-state index contributed by atoms with van der Waals surface area (Å²) in [5.41, 5.74) is 1.21. The maximum Gasteiger partial charge on any atom is 0.293 e. The van der Waals surface area contributed by atoms with Gasteiger partial charge >= 0.3 is 0 Å². The Morgan fingerprint density at radius 3 is 2.64 bits per heavy atom. The lowest BCUT2D eigenvalue weighted by Gasteiger charge is -2.13. The van der Waals surface area contributed by atoms with Crippen LogP contribution in [0.15, 0.2) is 53.4 Å². The van der Waals surface area contributed by atoms with Gasteiger partial charge in [-0.25, -0.2) is 0 Å². The van der Waals surface area contributed by atoms with Crippen LogP contribution in [0.4, 0.5) is 4.79 Å². The molecule has 0 spiro atoms. The fourth-order valence-corrected chi connectivity index (χ4v) is 3.61. The molecular formula is C20H17ClN2O4S. The second-order valence-corrected chi connectivity index (χ2v) is 7.30. The number of nitrogens with zero attached hydrogens (tertiary/aromatic N) is 1. The molecule has 1 saturated heterocycles. The van der Waals surface area contributed by atoms with E-state index in [1.807, 2.05) is 0 Å². The molecule has 1 heterocycles. The molecule has 0 aliphatic carbocycles. The van der Waals surface area contributed by atoms with E-state index in [9.17, 15) is 14.4 Å². The molecule has 0 radical (unpaired) electrons. The topological polar surface area (TPSA) is 75.7 Å². The third-order valence-electron chi connectivity index (χ3n) is 3.99. The minimum Gasteiger partial charge on any atom is -0.497 e. The number of benzene rings is 2. The Morgan fingerprint density at radius 1 is 1.21 bits per heavy atom. The minimum atomic E-state index is -0.372. The summed E-state index contributed by atoms with van der Waals surface area (Å²) < 4.78 is 5.10. The van der Waals surface area contributed by atoms with E-state index in [0.29, 0.717) is 21.2 Å². The number of carbonyl (C=O) groups is 3. The smallest absolute Gasteiger partial charge is 0.293 e. The van der Waals surface area contributed by atoms with E-state index in [0.717, 1.165) is 22.2 Å². The van der Waals surface area contributed by atoms with Crippen molar-refractivity contribution in [3.63, 3.8) is 0 Å². The van der Waals surface area contributed by atoms with Crippen LogP contribution in [-0.4, -0.2) is 42.2 Å². The Balaban J connectivity index is 1.59. The van der Waals surface area contributed by atoms with Gasteiger partial charge in [0.25, 0.3) is 17.1 Å². The predicted molar refractivity (Wildman–Crippen MR) is 109 cm³/mol. The first-order valence-electron chi connectivity index (χ1n) is 8.41. The lowest BCUT2D eigenvalue weighted by Crippen LogP contribution is -2.37. The first-order valence-corrected chi connectivity index (χ1v) is 9.60. The van der Waals surface area contributed by atoms with E-state index in [2.05, 4.69) is 5.32 Å². The molecule has 1 N–H and O–H groups in total. The molecule has 3 amide bonds. The predicted octanol–water partition coefficient (Wildman–Crippen LogP) is 3.81. The molecule has 0 saturated carbocycles. The van der Waals surface area contributed by atoms with Gasteiger partial charge in [0.1, 0.15) is 5.75 Å². The molecule has 0 unspecified atom stereocenters. The summed E-state index contributed by atoms with van der Waals surface area (Å²) in [7, 11) is 1.57. The Bertz CT molecular complexity index is 943. The van der Waals surface area contributed by atoms with E-state index in [4.69, 9.17) is 16.3 Å². The van der Waals surface area contributed by atoms with Crippen molar-refractivity contribution in [1.29, 1.82) is 0 Å². The molecule has 1 aliphatic rings. The van der Waals surface area contributed by atoms with Crippen molar-refractivity contribution in [3.05, 3.63) is 69.6 Å². The number of rotatable bonds is 6. The zero-order chi connectivity index (χ0) is 20.1. The van der Waals surface area contributed by atoms with Crippen molar-refractivity contribution in [2.45, 2.75) is 0 Å². The molecule has 2 aromatic carbocycles. The van der Waals surface area contributed by atoms with E-state index < -0.39 is 0 Å². The maximum atomic E-state index is 12.5. The van der Waals surface area contributed by atoms with Crippen LogP contribution in [0.25, 0.3) is 6.08 Å². The Labute approximate surface area is 171 Å². The van der Waals surface area contributed by atoms with Crippen LogP contribution in [0.3, 0.4) is 0 Å². The SMILES string of the molecule is COc1ccc(/C=C2\SC(=O)N(CCNC(=O)c3cccc(Cl)c3)C2=O)cc1. The van der Waals surface area contributed by atoms with E-state index in [1.165, 1.54) is 0 Å². The number of ether oxygens (including phenoxy) is 1. The largest absolute Gasteiger partial charge is 0.497 e. The van der Waals surface area contributed by atoms with Crippen molar-refractivity contribution in [2.24, 2.45) is 0 Å². The molecule has 0 aromatic heterocycles. The molecule has 0 bridgehead atoms. The van der Waals surface area contributed by atoms with Gasteiger partial charge in [-0.2, -0.15) is 0 Å². The highest BCUT2D eigenvalue weighted by atomic mass is 35.5. The summed E-state index contributed by atoms with van der Waals surface area (Å²) in [6.07, 6.45) is 1.66. The fourth-order valence-electron chi connectivity index (χ4n) is 2.56. The van der Waals surface area contributed by atoms with E-state index >= 15 is 0 Å². The number of hydrogen-bond acceptors (Lipinski definition) is 5. The maximum absolute atomic E-state index is 12.5. The highest BCUT2D eigenvalue weighted by molar-refractivity contribution is 8.18. The number of carbonyl (C=O) groups excluding carboxylic acids is 3. The second kappa shape index (κ2) is 8.95. The molecular weight excluding hydrogens is 400 g/mol. The minimum absolute atomic E-state index is 0.0942. The number of halogens is 1. The summed E-state index contributed by atoms with van der Waals surface area (Å²) >= 11 is 6.75. The number of imide groups is 1. The molecule has 8 heteroatoms. The van der Waals surface area contributed by atoms with Gasteiger partial charge in [-0.1, -0.05) is 29.8 Å². The van der Waals surface area contributed by atoms with Crippen LogP contribution in [0.2, 0.25) is 5.02 Å². The molecule has 28 heavy (non-hydrogen) atoms. The lowest BCUT2D eigenvalue weighted by molar-refractivity contribution is -0.122. The van der Waals surface area contributed by atoms with E-state index in [-0.39, 0.29) is 30.1 Å². The highest BCUT2D eigenvalue weighted by Gasteiger charge is 2.34.